The summed E-state index contributed by atoms with van der Waals surface area (Å²) in [6.45, 7) is 3.13. The van der Waals surface area contributed by atoms with Gasteiger partial charge < -0.3 is 20.7 Å². The molecular formula is C9H14N4O6P+. The topological polar surface area (TPSA) is 153 Å². The second-order valence-electron chi connectivity index (χ2n) is 4.15. The SMILES string of the molecule is C=C(N)c1ncn([C@@H]2O[C@H](CO[P+](=O)O)[C@@H](O)[C@H]2O)n1. The van der Waals surface area contributed by atoms with Gasteiger partial charge in [0, 0.05) is 4.57 Å². The molecule has 5 atom stereocenters. The lowest BCUT2D eigenvalue weighted by Crippen LogP contribution is -2.33. The van der Waals surface area contributed by atoms with Crippen LogP contribution in [0.15, 0.2) is 12.9 Å². The molecule has 2 rings (SSSR count). The summed E-state index contributed by atoms with van der Waals surface area (Å²) in [5.41, 5.74) is 5.58. The molecule has 0 saturated carbocycles. The Labute approximate surface area is 114 Å². The van der Waals surface area contributed by atoms with Crippen molar-refractivity contribution in [1.82, 2.24) is 14.8 Å². The van der Waals surface area contributed by atoms with Crippen LogP contribution in [-0.4, -0.2) is 54.8 Å². The summed E-state index contributed by atoms with van der Waals surface area (Å²) in [5, 5.41) is 23.6. The van der Waals surface area contributed by atoms with E-state index in [0.29, 0.717) is 0 Å². The number of hydrogen-bond donors (Lipinski definition) is 4. The predicted molar refractivity (Wildman–Crippen MR) is 64.9 cm³/mol. The molecule has 1 fully saturated rings. The van der Waals surface area contributed by atoms with Crippen LogP contribution in [0.3, 0.4) is 0 Å². The molecule has 1 aromatic rings. The Morgan fingerprint density at radius 1 is 1.60 bits per heavy atom. The van der Waals surface area contributed by atoms with Crippen LogP contribution in [-0.2, 0) is 13.8 Å². The van der Waals surface area contributed by atoms with Gasteiger partial charge in [0.2, 0.25) is 0 Å². The van der Waals surface area contributed by atoms with Crippen molar-refractivity contribution in [1.29, 1.82) is 0 Å². The summed E-state index contributed by atoms with van der Waals surface area (Å²) in [5.74, 6) is 0.174. The molecular weight excluding hydrogens is 291 g/mol. The first kappa shape index (κ1) is 15.0. The molecule has 110 valence electrons. The molecule has 1 aliphatic rings. The van der Waals surface area contributed by atoms with E-state index in [1.165, 1.54) is 11.0 Å². The largest absolute Gasteiger partial charge is 0.694 e. The molecule has 0 bridgehead atoms. The van der Waals surface area contributed by atoms with Crippen molar-refractivity contribution in [3.8, 4) is 0 Å². The minimum absolute atomic E-state index is 0.147. The van der Waals surface area contributed by atoms with E-state index in [0.717, 1.165) is 0 Å². The maximum Gasteiger partial charge on any atom is 0.694 e. The van der Waals surface area contributed by atoms with Gasteiger partial charge in [-0.3, -0.25) is 0 Å². The zero-order valence-electron chi connectivity index (χ0n) is 10.2. The number of nitrogens with two attached hydrogens (primary N) is 1. The second kappa shape index (κ2) is 5.92. The highest BCUT2D eigenvalue weighted by Crippen LogP contribution is 2.30. The number of aromatic nitrogens is 3. The Bertz CT molecular complexity index is 522. The monoisotopic (exact) mass is 305 g/mol. The maximum atomic E-state index is 10.4. The third-order valence-corrected chi connectivity index (χ3v) is 3.11. The summed E-state index contributed by atoms with van der Waals surface area (Å²) >= 11 is 0. The van der Waals surface area contributed by atoms with E-state index in [2.05, 4.69) is 21.2 Å². The van der Waals surface area contributed by atoms with E-state index < -0.39 is 32.8 Å². The molecule has 0 amide bonds. The molecule has 0 aliphatic carbocycles. The summed E-state index contributed by atoms with van der Waals surface area (Å²) in [4.78, 5) is 12.4. The molecule has 5 N–H and O–H groups in total. The molecule has 1 saturated heterocycles. The molecule has 20 heavy (non-hydrogen) atoms. The van der Waals surface area contributed by atoms with Gasteiger partial charge in [0.25, 0.3) is 0 Å². The lowest BCUT2D eigenvalue weighted by atomic mass is 10.1. The second-order valence-corrected chi connectivity index (χ2v) is 4.89. The van der Waals surface area contributed by atoms with Gasteiger partial charge in [-0.1, -0.05) is 6.58 Å². The van der Waals surface area contributed by atoms with Crippen LogP contribution in [0.1, 0.15) is 12.1 Å². The molecule has 10 nitrogen and oxygen atoms in total. The van der Waals surface area contributed by atoms with Gasteiger partial charge in [0.1, 0.15) is 31.2 Å². The van der Waals surface area contributed by atoms with Gasteiger partial charge in [-0.2, -0.15) is 0 Å². The minimum Gasteiger partial charge on any atom is -0.396 e. The maximum absolute atomic E-state index is 10.4. The van der Waals surface area contributed by atoms with Gasteiger partial charge >= 0.3 is 8.25 Å². The Morgan fingerprint density at radius 2 is 2.30 bits per heavy atom. The van der Waals surface area contributed by atoms with Crippen molar-refractivity contribution in [3.63, 3.8) is 0 Å². The van der Waals surface area contributed by atoms with Crippen molar-refractivity contribution in [2.75, 3.05) is 6.61 Å². The molecule has 0 radical (unpaired) electrons. The van der Waals surface area contributed by atoms with Crippen molar-refractivity contribution in [2.45, 2.75) is 24.5 Å². The van der Waals surface area contributed by atoms with Crippen LogP contribution in [0.5, 0.6) is 0 Å². The first-order chi connectivity index (χ1) is 9.40. The normalized spacial score (nSPS) is 30.4. The Morgan fingerprint density at radius 3 is 2.85 bits per heavy atom. The van der Waals surface area contributed by atoms with E-state index >= 15 is 0 Å². The molecule has 0 aromatic carbocycles. The van der Waals surface area contributed by atoms with E-state index in [9.17, 15) is 14.8 Å². The average Bonchev–Trinajstić information content (AvgIpc) is 2.95. The van der Waals surface area contributed by atoms with Gasteiger partial charge in [-0.15, -0.1) is 14.5 Å². The zero-order chi connectivity index (χ0) is 14.9. The highest BCUT2D eigenvalue weighted by Gasteiger charge is 2.45. The number of rotatable bonds is 5. The van der Waals surface area contributed by atoms with Gasteiger partial charge in [0.05, 0.1) is 5.70 Å². The molecule has 0 spiro atoms. The average molecular weight is 305 g/mol. The first-order valence-corrected chi connectivity index (χ1v) is 6.69. The molecule has 1 aliphatic heterocycles. The summed E-state index contributed by atoms with van der Waals surface area (Å²) < 4.78 is 21.4. The van der Waals surface area contributed by atoms with Crippen LogP contribution in [0.4, 0.5) is 0 Å². The van der Waals surface area contributed by atoms with Crippen molar-refractivity contribution in [2.24, 2.45) is 5.73 Å². The smallest absolute Gasteiger partial charge is 0.396 e. The quantitative estimate of drug-likeness (QED) is 0.475. The minimum atomic E-state index is -2.81. The summed E-state index contributed by atoms with van der Waals surface area (Å²) in [6, 6.07) is 0. The fraction of sp³-hybridized carbons (Fsp3) is 0.556. The van der Waals surface area contributed by atoms with Crippen LogP contribution < -0.4 is 5.73 Å². The predicted octanol–water partition coefficient (Wildman–Crippen LogP) is -1.51. The Kier molecular flexibility index (Phi) is 4.43. The number of aliphatic hydroxyl groups excluding tert-OH is 2. The number of ether oxygens (including phenoxy) is 1. The third-order valence-electron chi connectivity index (χ3n) is 2.74. The lowest BCUT2D eigenvalue weighted by Gasteiger charge is -2.13. The van der Waals surface area contributed by atoms with E-state index in [1.54, 1.807) is 0 Å². The number of aliphatic hydroxyl groups is 2. The molecule has 1 aromatic heterocycles. The lowest BCUT2D eigenvalue weighted by molar-refractivity contribution is -0.0557. The third kappa shape index (κ3) is 3.01. The van der Waals surface area contributed by atoms with E-state index in [1.807, 2.05) is 0 Å². The Hall–Kier alpha value is -1.42. The van der Waals surface area contributed by atoms with E-state index in [4.69, 9.17) is 15.4 Å². The number of hydrogen-bond acceptors (Lipinski definition) is 8. The van der Waals surface area contributed by atoms with Crippen LogP contribution in [0, 0.1) is 0 Å². The Balaban J connectivity index is 2.08. The van der Waals surface area contributed by atoms with Crippen molar-refractivity contribution in [3.05, 3.63) is 18.7 Å². The standard InChI is InChI=1S/C9H13N4O6P/c1-4(10)8-11-3-13(12-8)9-7(15)6(14)5(19-9)2-18-20(16)17/h3,5-7,9,14-15H,1-2,10H2/p+1/t5-,6-,7-,9-/m1/s1. The summed E-state index contributed by atoms with van der Waals surface area (Å²) in [7, 11) is -2.81. The van der Waals surface area contributed by atoms with Crippen LogP contribution in [0.25, 0.3) is 5.70 Å². The summed E-state index contributed by atoms with van der Waals surface area (Å²) in [6.07, 6.45) is -3.28. The van der Waals surface area contributed by atoms with Crippen molar-refractivity contribution < 1.29 is 28.9 Å². The number of nitrogens with zero attached hydrogens (tertiary/aromatic N) is 3. The van der Waals surface area contributed by atoms with Gasteiger partial charge in [-0.25, -0.2) is 9.67 Å². The van der Waals surface area contributed by atoms with Gasteiger partial charge in [-0.05, 0) is 0 Å². The van der Waals surface area contributed by atoms with E-state index in [-0.39, 0.29) is 18.1 Å². The zero-order valence-corrected chi connectivity index (χ0v) is 11.1. The van der Waals surface area contributed by atoms with Crippen LogP contribution in [0.2, 0.25) is 0 Å². The molecule has 2 heterocycles. The fourth-order valence-electron chi connectivity index (χ4n) is 1.77. The fourth-order valence-corrected chi connectivity index (χ4v) is 2.04. The molecule has 11 heteroatoms. The van der Waals surface area contributed by atoms with Crippen molar-refractivity contribution >= 4 is 14.0 Å². The molecule has 1 unspecified atom stereocenters. The highest BCUT2D eigenvalue weighted by atomic mass is 31.1. The van der Waals surface area contributed by atoms with Crippen LogP contribution >= 0.6 is 8.25 Å². The highest BCUT2D eigenvalue weighted by molar-refractivity contribution is 7.32. The van der Waals surface area contributed by atoms with Gasteiger partial charge in [0.15, 0.2) is 12.1 Å². The first-order valence-electron chi connectivity index (χ1n) is 5.56.